The van der Waals surface area contributed by atoms with Crippen molar-refractivity contribution >= 4 is 5.91 Å². The SMILES string of the molecule is CCc1ccc(C(C)N/C=C(/C#N)C(=O)NC(C)c2ccc(OC)c(OC)c2)cc1. The van der Waals surface area contributed by atoms with E-state index in [0.717, 1.165) is 17.5 Å². The molecule has 0 heterocycles. The normalized spacial score (nSPS) is 13.0. The molecule has 0 fully saturated rings. The zero-order valence-corrected chi connectivity index (χ0v) is 18.2. The van der Waals surface area contributed by atoms with Crippen LogP contribution in [0, 0.1) is 11.3 Å². The van der Waals surface area contributed by atoms with Crippen LogP contribution >= 0.6 is 0 Å². The van der Waals surface area contributed by atoms with Gasteiger partial charge in [0, 0.05) is 12.2 Å². The average Bonchev–Trinajstić information content (AvgIpc) is 2.78. The van der Waals surface area contributed by atoms with Gasteiger partial charge in [-0.25, -0.2) is 0 Å². The molecule has 158 valence electrons. The Balaban J connectivity index is 2.05. The topological polar surface area (TPSA) is 83.4 Å². The first-order valence-corrected chi connectivity index (χ1v) is 9.91. The van der Waals surface area contributed by atoms with Crippen LogP contribution < -0.4 is 20.1 Å². The lowest BCUT2D eigenvalue weighted by atomic mass is 10.0. The van der Waals surface area contributed by atoms with E-state index in [1.54, 1.807) is 26.4 Å². The molecular weight excluding hydrogens is 378 g/mol. The minimum Gasteiger partial charge on any atom is -0.493 e. The Bertz CT molecular complexity index is 930. The highest BCUT2D eigenvalue weighted by Crippen LogP contribution is 2.29. The number of methoxy groups -OCH3 is 2. The quantitative estimate of drug-likeness (QED) is 0.481. The third kappa shape index (κ3) is 5.77. The Hall–Kier alpha value is -3.46. The van der Waals surface area contributed by atoms with Gasteiger partial charge < -0.3 is 20.1 Å². The summed E-state index contributed by atoms with van der Waals surface area (Å²) in [6.07, 6.45) is 2.45. The predicted octanol–water partition coefficient (Wildman–Crippen LogP) is 4.20. The van der Waals surface area contributed by atoms with E-state index in [-0.39, 0.29) is 17.7 Å². The summed E-state index contributed by atoms with van der Waals surface area (Å²) < 4.78 is 10.5. The summed E-state index contributed by atoms with van der Waals surface area (Å²) in [4.78, 5) is 12.6. The van der Waals surface area contributed by atoms with Crippen molar-refractivity contribution in [2.75, 3.05) is 14.2 Å². The maximum atomic E-state index is 12.6. The summed E-state index contributed by atoms with van der Waals surface area (Å²) in [7, 11) is 3.13. The summed E-state index contributed by atoms with van der Waals surface area (Å²) >= 11 is 0. The summed E-state index contributed by atoms with van der Waals surface area (Å²) in [5, 5.41) is 15.4. The summed E-state index contributed by atoms with van der Waals surface area (Å²) in [6.45, 7) is 5.94. The number of aryl methyl sites for hydroxylation is 1. The number of nitrogens with one attached hydrogen (secondary N) is 2. The molecule has 0 aliphatic heterocycles. The van der Waals surface area contributed by atoms with E-state index in [4.69, 9.17) is 9.47 Å². The Kier molecular flexibility index (Phi) is 8.30. The van der Waals surface area contributed by atoms with E-state index in [1.165, 1.54) is 11.8 Å². The molecule has 0 aliphatic carbocycles. The summed E-state index contributed by atoms with van der Waals surface area (Å²) in [5.74, 6) is 0.750. The number of nitriles is 1. The van der Waals surface area contributed by atoms with Crippen molar-refractivity contribution in [3.63, 3.8) is 0 Å². The number of carbonyl (C=O) groups is 1. The number of ether oxygens (including phenoxy) is 2. The third-order valence-electron chi connectivity index (χ3n) is 4.99. The Labute approximate surface area is 178 Å². The van der Waals surface area contributed by atoms with Crippen LogP contribution in [0.25, 0.3) is 0 Å². The number of rotatable bonds is 9. The minimum atomic E-state index is -0.444. The molecule has 30 heavy (non-hydrogen) atoms. The molecule has 2 N–H and O–H groups in total. The van der Waals surface area contributed by atoms with Gasteiger partial charge in [0.1, 0.15) is 11.6 Å². The molecule has 0 aliphatic rings. The molecule has 2 unspecified atom stereocenters. The van der Waals surface area contributed by atoms with Gasteiger partial charge in [-0.1, -0.05) is 37.3 Å². The van der Waals surface area contributed by atoms with Crippen molar-refractivity contribution in [2.45, 2.75) is 39.3 Å². The van der Waals surface area contributed by atoms with Crippen LogP contribution in [-0.4, -0.2) is 20.1 Å². The highest BCUT2D eigenvalue weighted by atomic mass is 16.5. The fourth-order valence-electron chi connectivity index (χ4n) is 2.98. The van der Waals surface area contributed by atoms with Crippen LogP contribution in [0.15, 0.2) is 54.2 Å². The minimum absolute atomic E-state index is 0.0133. The lowest BCUT2D eigenvalue weighted by molar-refractivity contribution is -0.117. The molecular formula is C24H29N3O3. The van der Waals surface area contributed by atoms with E-state index < -0.39 is 5.91 Å². The van der Waals surface area contributed by atoms with Crippen molar-refractivity contribution in [1.29, 1.82) is 5.26 Å². The van der Waals surface area contributed by atoms with Crippen LogP contribution in [0.1, 0.15) is 49.5 Å². The van der Waals surface area contributed by atoms with Crippen molar-refractivity contribution < 1.29 is 14.3 Å². The molecule has 6 nitrogen and oxygen atoms in total. The van der Waals surface area contributed by atoms with Crippen molar-refractivity contribution in [2.24, 2.45) is 0 Å². The van der Waals surface area contributed by atoms with Gasteiger partial charge in [0.2, 0.25) is 0 Å². The first kappa shape index (κ1) is 22.8. The molecule has 2 aromatic rings. The van der Waals surface area contributed by atoms with E-state index in [2.05, 4.69) is 41.8 Å². The number of hydrogen-bond acceptors (Lipinski definition) is 5. The number of hydrogen-bond donors (Lipinski definition) is 2. The van der Waals surface area contributed by atoms with E-state index in [9.17, 15) is 10.1 Å². The highest BCUT2D eigenvalue weighted by Gasteiger charge is 2.16. The first-order chi connectivity index (χ1) is 14.4. The second-order valence-electron chi connectivity index (χ2n) is 6.96. The number of carbonyl (C=O) groups excluding carboxylic acids is 1. The van der Waals surface area contributed by atoms with E-state index >= 15 is 0 Å². The van der Waals surface area contributed by atoms with Gasteiger partial charge in [-0.15, -0.1) is 0 Å². The molecule has 0 bridgehead atoms. The maximum absolute atomic E-state index is 12.6. The lowest BCUT2D eigenvalue weighted by Gasteiger charge is -2.17. The summed E-state index contributed by atoms with van der Waals surface area (Å²) in [6, 6.07) is 15.3. The largest absolute Gasteiger partial charge is 0.493 e. The van der Waals surface area contributed by atoms with Crippen LogP contribution in [0.2, 0.25) is 0 Å². The van der Waals surface area contributed by atoms with E-state index in [1.807, 2.05) is 26.0 Å². The van der Waals surface area contributed by atoms with Crippen LogP contribution in [0.5, 0.6) is 11.5 Å². The predicted molar refractivity (Wildman–Crippen MR) is 117 cm³/mol. The van der Waals surface area contributed by atoms with Gasteiger partial charge in [-0.3, -0.25) is 4.79 Å². The molecule has 2 rings (SSSR count). The number of benzene rings is 2. The van der Waals surface area contributed by atoms with Gasteiger partial charge >= 0.3 is 0 Å². The zero-order chi connectivity index (χ0) is 22.1. The van der Waals surface area contributed by atoms with Crippen LogP contribution in [-0.2, 0) is 11.2 Å². The monoisotopic (exact) mass is 407 g/mol. The smallest absolute Gasteiger partial charge is 0.263 e. The maximum Gasteiger partial charge on any atom is 0.263 e. The fourth-order valence-corrected chi connectivity index (χ4v) is 2.98. The number of amides is 1. The lowest BCUT2D eigenvalue weighted by Crippen LogP contribution is -2.28. The third-order valence-corrected chi connectivity index (χ3v) is 4.99. The molecule has 2 atom stereocenters. The molecule has 0 radical (unpaired) electrons. The van der Waals surface area contributed by atoms with Crippen molar-refractivity contribution in [3.05, 3.63) is 70.9 Å². The summed E-state index contributed by atoms with van der Waals surface area (Å²) in [5.41, 5.74) is 3.21. The van der Waals surface area contributed by atoms with Crippen molar-refractivity contribution in [3.8, 4) is 17.6 Å². The molecule has 6 heteroatoms. The van der Waals surface area contributed by atoms with Gasteiger partial charge in [0.15, 0.2) is 11.5 Å². The second-order valence-corrected chi connectivity index (χ2v) is 6.96. The van der Waals surface area contributed by atoms with Gasteiger partial charge in [-0.05, 0) is 49.1 Å². The highest BCUT2D eigenvalue weighted by molar-refractivity contribution is 5.97. The Morgan fingerprint density at radius 1 is 1.03 bits per heavy atom. The standard InChI is InChI=1S/C24H29N3O3/c1-6-18-7-9-19(10-8-18)16(2)26-15-21(14-25)24(28)27-17(3)20-11-12-22(29-4)23(13-20)30-5/h7-13,15-17,26H,6H2,1-5H3,(H,27,28)/b21-15-. The number of nitrogens with zero attached hydrogens (tertiary/aromatic N) is 1. The molecule has 2 aromatic carbocycles. The Morgan fingerprint density at radius 2 is 1.67 bits per heavy atom. The molecule has 0 aromatic heterocycles. The molecule has 1 amide bonds. The second kappa shape index (κ2) is 10.9. The molecule has 0 saturated heterocycles. The van der Waals surface area contributed by atoms with E-state index in [0.29, 0.717) is 11.5 Å². The average molecular weight is 408 g/mol. The van der Waals surface area contributed by atoms with Gasteiger partial charge in [0.25, 0.3) is 5.91 Å². The van der Waals surface area contributed by atoms with Crippen LogP contribution in [0.3, 0.4) is 0 Å². The fraction of sp³-hybridized carbons (Fsp3) is 0.333. The van der Waals surface area contributed by atoms with Crippen LogP contribution in [0.4, 0.5) is 0 Å². The van der Waals surface area contributed by atoms with Crippen molar-refractivity contribution in [1.82, 2.24) is 10.6 Å². The van der Waals surface area contributed by atoms with Gasteiger partial charge in [0.05, 0.1) is 20.3 Å². The zero-order valence-electron chi connectivity index (χ0n) is 18.2. The molecule has 0 saturated carbocycles. The van der Waals surface area contributed by atoms with Gasteiger partial charge in [-0.2, -0.15) is 5.26 Å². The molecule has 0 spiro atoms. The Morgan fingerprint density at radius 3 is 2.23 bits per heavy atom. The first-order valence-electron chi connectivity index (χ1n) is 9.91.